The van der Waals surface area contributed by atoms with Gasteiger partial charge in [-0.2, -0.15) is 5.10 Å². The summed E-state index contributed by atoms with van der Waals surface area (Å²) in [5.74, 6) is 0.989. The van der Waals surface area contributed by atoms with Gasteiger partial charge in [-0.05, 0) is 32.1 Å². The molecule has 3 rings (SSSR count). The molecule has 5 heteroatoms. The van der Waals surface area contributed by atoms with Crippen LogP contribution in [0.5, 0.6) is 0 Å². The van der Waals surface area contributed by atoms with E-state index in [1.54, 1.807) is 0 Å². The fourth-order valence-corrected chi connectivity index (χ4v) is 4.01. The highest BCUT2D eigenvalue weighted by atomic mass is 35.5. The van der Waals surface area contributed by atoms with Gasteiger partial charge in [-0.25, -0.2) is 4.98 Å². The van der Waals surface area contributed by atoms with E-state index in [4.69, 9.17) is 16.6 Å². The lowest BCUT2D eigenvalue weighted by atomic mass is 9.73. The number of hydrogen-bond donors (Lipinski definition) is 0. The minimum absolute atomic E-state index is 0.0884. The number of aromatic nitrogens is 4. The summed E-state index contributed by atoms with van der Waals surface area (Å²) in [5.41, 5.74) is 3.37. The van der Waals surface area contributed by atoms with Crippen molar-refractivity contribution >= 4 is 22.8 Å². The molecule has 116 valence electrons. The van der Waals surface area contributed by atoms with Crippen LogP contribution in [-0.4, -0.2) is 19.3 Å². The highest BCUT2D eigenvalue weighted by Gasteiger charge is 2.37. The molecule has 0 aromatic carbocycles. The number of imidazole rings is 1. The zero-order valence-corrected chi connectivity index (χ0v) is 14.4. The van der Waals surface area contributed by atoms with Gasteiger partial charge in [0.05, 0.1) is 11.1 Å². The summed E-state index contributed by atoms with van der Waals surface area (Å²) in [6.45, 7) is 8.77. The number of alkyl halides is 1. The van der Waals surface area contributed by atoms with Crippen LogP contribution in [0.15, 0.2) is 0 Å². The molecule has 1 fully saturated rings. The SMILES string of the molecule is Cc1nn(C)c2c1nc(C(C)Cl)n2C1CCCCC1(C)C. The Balaban J connectivity index is 2.26. The van der Waals surface area contributed by atoms with Crippen LogP contribution in [-0.2, 0) is 7.05 Å². The lowest BCUT2D eigenvalue weighted by molar-refractivity contribution is 0.144. The Morgan fingerprint density at radius 2 is 2.05 bits per heavy atom. The molecule has 2 aromatic rings. The first kappa shape index (κ1) is 14.9. The molecular formula is C16H25ClN4. The Kier molecular flexibility index (Phi) is 3.55. The maximum Gasteiger partial charge on any atom is 0.158 e. The van der Waals surface area contributed by atoms with Gasteiger partial charge in [0.15, 0.2) is 5.65 Å². The van der Waals surface area contributed by atoms with Crippen LogP contribution in [0.25, 0.3) is 11.2 Å². The van der Waals surface area contributed by atoms with Crippen LogP contribution < -0.4 is 0 Å². The first-order valence-corrected chi connectivity index (χ1v) is 8.32. The fraction of sp³-hybridized carbons (Fsp3) is 0.750. The third-order valence-electron chi connectivity index (χ3n) is 4.98. The largest absolute Gasteiger partial charge is 0.308 e. The maximum absolute atomic E-state index is 6.44. The van der Waals surface area contributed by atoms with E-state index in [1.807, 2.05) is 25.6 Å². The Labute approximate surface area is 131 Å². The molecule has 21 heavy (non-hydrogen) atoms. The first-order valence-electron chi connectivity index (χ1n) is 7.88. The molecule has 2 atom stereocenters. The summed E-state index contributed by atoms with van der Waals surface area (Å²) in [6.07, 6.45) is 5.04. The van der Waals surface area contributed by atoms with E-state index in [0.717, 1.165) is 22.7 Å². The number of halogens is 1. The van der Waals surface area contributed by atoms with Gasteiger partial charge < -0.3 is 4.57 Å². The molecule has 1 aliphatic carbocycles. The Hall–Kier alpha value is -1.03. The third kappa shape index (κ3) is 2.28. The standard InChI is InChI=1S/C16H25ClN4/c1-10(17)14-18-13-11(2)19-20(5)15(13)21(14)12-8-6-7-9-16(12,3)4/h10,12H,6-9H2,1-5H3. The van der Waals surface area contributed by atoms with Crippen LogP contribution >= 0.6 is 11.6 Å². The minimum Gasteiger partial charge on any atom is -0.308 e. The van der Waals surface area contributed by atoms with Crippen LogP contribution in [0.3, 0.4) is 0 Å². The summed E-state index contributed by atoms with van der Waals surface area (Å²) in [7, 11) is 2.01. The van der Waals surface area contributed by atoms with E-state index in [1.165, 1.54) is 25.7 Å². The summed E-state index contributed by atoms with van der Waals surface area (Å²) in [4.78, 5) is 4.82. The molecule has 0 spiro atoms. The molecule has 2 aromatic heterocycles. The summed E-state index contributed by atoms with van der Waals surface area (Å²) < 4.78 is 4.34. The Bertz CT molecular complexity index is 665. The van der Waals surface area contributed by atoms with Gasteiger partial charge in [-0.15, -0.1) is 11.6 Å². The van der Waals surface area contributed by atoms with Gasteiger partial charge in [0.2, 0.25) is 0 Å². The lowest BCUT2D eigenvalue weighted by Gasteiger charge is -2.40. The highest BCUT2D eigenvalue weighted by Crippen LogP contribution is 2.46. The monoisotopic (exact) mass is 308 g/mol. The van der Waals surface area contributed by atoms with Gasteiger partial charge in [0, 0.05) is 13.1 Å². The van der Waals surface area contributed by atoms with Gasteiger partial charge in [-0.3, -0.25) is 4.68 Å². The smallest absolute Gasteiger partial charge is 0.158 e. The van der Waals surface area contributed by atoms with E-state index >= 15 is 0 Å². The predicted molar refractivity (Wildman–Crippen MR) is 86.8 cm³/mol. The molecular weight excluding hydrogens is 284 g/mol. The van der Waals surface area contributed by atoms with Crippen LogP contribution in [0.1, 0.15) is 69.4 Å². The van der Waals surface area contributed by atoms with Crippen molar-refractivity contribution in [1.29, 1.82) is 0 Å². The van der Waals surface area contributed by atoms with Crippen LogP contribution in [0.2, 0.25) is 0 Å². The fourth-order valence-electron chi connectivity index (χ4n) is 3.85. The zero-order chi connectivity index (χ0) is 15.4. The molecule has 0 saturated heterocycles. The first-order chi connectivity index (χ1) is 9.83. The number of rotatable bonds is 2. The van der Waals surface area contributed by atoms with Gasteiger partial charge in [0.1, 0.15) is 11.3 Å². The molecule has 0 aliphatic heterocycles. The van der Waals surface area contributed by atoms with Gasteiger partial charge in [0.25, 0.3) is 0 Å². The van der Waals surface area contributed by atoms with E-state index < -0.39 is 0 Å². The summed E-state index contributed by atoms with van der Waals surface area (Å²) in [5, 5.41) is 4.46. The molecule has 2 unspecified atom stereocenters. The van der Waals surface area contributed by atoms with Crippen LogP contribution in [0, 0.1) is 12.3 Å². The number of hydrogen-bond acceptors (Lipinski definition) is 2. The van der Waals surface area contributed by atoms with Crippen molar-refractivity contribution in [3.63, 3.8) is 0 Å². The molecule has 0 N–H and O–H groups in total. The molecule has 0 bridgehead atoms. The zero-order valence-electron chi connectivity index (χ0n) is 13.6. The van der Waals surface area contributed by atoms with Crippen molar-refractivity contribution in [2.45, 2.75) is 64.8 Å². The summed E-state index contributed by atoms with van der Waals surface area (Å²) in [6, 6.07) is 0.447. The van der Waals surface area contributed by atoms with E-state index in [0.29, 0.717) is 6.04 Å². The number of fused-ring (bicyclic) bond motifs is 1. The van der Waals surface area contributed by atoms with Crippen molar-refractivity contribution in [3.05, 3.63) is 11.5 Å². The average molecular weight is 309 g/mol. The molecule has 4 nitrogen and oxygen atoms in total. The maximum atomic E-state index is 6.44. The van der Waals surface area contributed by atoms with Crippen LogP contribution in [0.4, 0.5) is 0 Å². The molecule has 2 heterocycles. The van der Waals surface area contributed by atoms with Crippen molar-refractivity contribution in [2.75, 3.05) is 0 Å². The molecule has 0 radical (unpaired) electrons. The lowest BCUT2D eigenvalue weighted by Crippen LogP contribution is -2.32. The predicted octanol–water partition coefficient (Wildman–Crippen LogP) is 4.52. The minimum atomic E-state index is -0.0884. The number of nitrogens with zero attached hydrogens (tertiary/aromatic N) is 4. The van der Waals surface area contributed by atoms with Gasteiger partial charge >= 0.3 is 0 Å². The topological polar surface area (TPSA) is 35.6 Å². The van der Waals surface area contributed by atoms with E-state index in [9.17, 15) is 0 Å². The third-order valence-corrected chi connectivity index (χ3v) is 5.18. The van der Waals surface area contributed by atoms with E-state index in [2.05, 4.69) is 23.5 Å². The average Bonchev–Trinajstić information content (AvgIpc) is 2.89. The second kappa shape index (κ2) is 5.01. The molecule has 1 saturated carbocycles. The number of aryl methyl sites for hydroxylation is 2. The second-order valence-electron chi connectivity index (χ2n) is 7.09. The molecule has 1 aliphatic rings. The second-order valence-corrected chi connectivity index (χ2v) is 7.74. The highest BCUT2D eigenvalue weighted by molar-refractivity contribution is 6.20. The normalized spacial score (nSPS) is 23.6. The van der Waals surface area contributed by atoms with Crippen molar-refractivity contribution in [1.82, 2.24) is 19.3 Å². The van der Waals surface area contributed by atoms with Crippen molar-refractivity contribution < 1.29 is 0 Å². The Morgan fingerprint density at radius 1 is 1.33 bits per heavy atom. The van der Waals surface area contributed by atoms with E-state index in [-0.39, 0.29) is 10.8 Å². The quantitative estimate of drug-likeness (QED) is 0.765. The van der Waals surface area contributed by atoms with Gasteiger partial charge in [-0.1, -0.05) is 26.7 Å². The van der Waals surface area contributed by atoms with Crippen molar-refractivity contribution in [2.24, 2.45) is 12.5 Å². The molecule has 0 amide bonds. The van der Waals surface area contributed by atoms with Crippen molar-refractivity contribution in [3.8, 4) is 0 Å². The summed E-state index contributed by atoms with van der Waals surface area (Å²) >= 11 is 6.44. The Morgan fingerprint density at radius 3 is 2.67 bits per heavy atom.